The van der Waals surface area contributed by atoms with Gasteiger partial charge in [-0.15, -0.1) is 6.58 Å². The summed E-state index contributed by atoms with van der Waals surface area (Å²) in [5.41, 5.74) is 4.00. The van der Waals surface area contributed by atoms with Crippen LogP contribution in [0.3, 0.4) is 0 Å². The van der Waals surface area contributed by atoms with Crippen LogP contribution in [0.15, 0.2) is 61.2 Å². The van der Waals surface area contributed by atoms with E-state index < -0.39 is 0 Å². The maximum Gasteiger partial charge on any atom is 0.0406 e. The van der Waals surface area contributed by atoms with Crippen LogP contribution in [-0.2, 0) is 6.42 Å². The second kappa shape index (κ2) is 11.4. The summed E-state index contributed by atoms with van der Waals surface area (Å²) in [5, 5.41) is 0.797. The van der Waals surface area contributed by atoms with E-state index in [2.05, 4.69) is 49.1 Å². The van der Waals surface area contributed by atoms with Crippen LogP contribution in [0.1, 0.15) is 76.2 Å². The number of halogens is 1. The zero-order valence-corrected chi connectivity index (χ0v) is 19.8. The van der Waals surface area contributed by atoms with E-state index in [1.807, 2.05) is 12.1 Å². The summed E-state index contributed by atoms with van der Waals surface area (Å²) in [7, 11) is 0. The fourth-order valence-electron chi connectivity index (χ4n) is 6.13. The van der Waals surface area contributed by atoms with Crippen molar-refractivity contribution in [2.24, 2.45) is 23.7 Å². The molecule has 2 aromatic rings. The lowest BCUT2D eigenvalue weighted by Gasteiger charge is -2.38. The van der Waals surface area contributed by atoms with Gasteiger partial charge in [0.15, 0.2) is 0 Å². The lowest BCUT2D eigenvalue weighted by molar-refractivity contribution is 0.141. The fourth-order valence-corrected chi connectivity index (χ4v) is 6.25. The van der Waals surface area contributed by atoms with Gasteiger partial charge in [0, 0.05) is 5.02 Å². The zero-order valence-electron chi connectivity index (χ0n) is 19.1. The van der Waals surface area contributed by atoms with Gasteiger partial charge in [-0.05, 0) is 104 Å². The van der Waals surface area contributed by atoms with Gasteiger partial charge in [-0.25, -0.2) is 0 Å². The molecule has 0 aliphatic heterocycles. The molecule has 2 aliphatic rings. The highest BCUT2D eigenvalue weighted by Gasteiger charge is 2.30. The highest BCUT2D eigenvalue weighted by Crippen LogP contribution is 2.43. The first-order valence-electron chi connectivity index (χ1n) is 12.7. The van der Waals surface area contributed by atoms with Gasteiger partial charge in [0.2, 0.25) is 0 Å². The summed E-state index contributed by atoms with van der Waals surface area (Å²) in [6.45, 7) is 3.89. The van der Waals surface area contributed by atoms with E-state index in [0.29, 0.717) is 0 Å². The number of hydrogen-bond acceptors (Lipinski definition) is 0. The molecule has 0 nitrogen and oxygen atoms in total. The second-order valence-electron chi connectivity index (χ2n) is 10.2. The molecule has 0 unspecified atom stereocenters. The van der Waals surface area contributed by atoms with Crippen molar-refractivity contribution in [2.75, 3.05) is 0 Å². The van der Waals surface area contributed by atoms with Crippen molar-refractivity contribution in [3.8, 4) is 11.1 Å². The van der Waals surface area contributed by atoms with Crippen LogP contribution >= 0.6 is 11.6 Å². The number of rotatable bonds is 8. The smallest absolute Gasteiger partial charge is 0.0406 e. The van der Waals surface area contributed by atoms with Crippen molar-refractivity contribution in [1.29, 1.82) is 0 Å². The van der Waals surface area contributed by atoms with E-state index in [1.165, 1.54) is 93.7 Å². The Balaban J connectivity index is 1.18. The normalized spacial score (nSPS) is 26.5. The molecule has 2 fully saturated rings. The Morgan fingerprint density at radius 2 is 1.16 bits per heavy atom. The molecule has 0 heterocycles. The first-order valence-corrected chi connectivity index (χ1v) is 13.0. The summed E-state index contributed by atoms with van der Waals surface area (Å²) < 4.78 is 0. The van der Waals surface area contributed by atoms with Crippen molar-refractivity contribution < 1.29 is 0 Å². The van der Waals surface area contributed by atoms with E-state index in [9.17, 15) is 0 Å². The van der Waals surface area contributed by atoms with Gasteiger partial charge in [0.05, 0.1) is 0 Å². The second-order valence-corrected chi connectivity index (χ2v) is 10.6. The molecular formula is C30H39Cl. The quantitative estimate of drug-likeness (QED) is 0.362. The van der Waals surface area contributed by atoms with Crippen molar-refractivity contribution >= 4 is 11.6 Å². The first kappa shape index (κ1) is 22.7. The summed E-state index contributed by atoms with van der Waals surface area (Å²) in [4.78, 5) is 0. The number of aryl methyl sites for hydroxylation is 1. The van der Waals surface area contributed by atoms with Crippen LogP contribution in [0, 0.1) is 23.7 Å². The van der Waals surface area contributed by atoms with Gasteiger partial charge in [0.1, 0.15) is 0 Å². The number of hydrogen-bond donors (Lipinski definition) is 0. The molecule has 0 bridgehead atoms. The predicted molar refractivity (Wildman–Crippen MR) is 136 cm³/mol. The standard InChI is InChI=1S/C30H39Cl/c1-2-3-4-23-7-13-26(14-8-23)27-15-9-24(10-16-27)5-6-25-11-17-28(18-12-25)29-19-21-30(31)22-20-29/h2,11-12,17-24,26-27H,1,3-10,13-16H2. The average molecular weight is 435 g/mol. The molecule has 0 N–H and O–H groups in total. The minimum absolute atomic E-state index is 0.797. The SMILES string of the molecule is C=CCCC1CCC(C2CCC(CCc3ccc(-c4ccc(Cl)cc4)cc3)CC2)CC1. The molecule has 4 rings (SSSR count). The van der Waals surface area contributed by atoms with Crippen LogP contribution in [0.5, 0.6) is 0 Å². The van der Waals surface area contributed by atoms with Crippen molar-refractivity contribution in [3.05, 3.63) is 71.8 Å². The van der Waals surface area contributed by atoms with E-state index in [4.69, 9.17) is 11.6 Å². The Bertz CT molecular complexity index is 787. The summed E-state index contributed by atoms with van der Waals surface area (Å²) in [5.74, 6) is 3.98. The van der Waals surface area contributed by atoms with Crippen LogP contribution in [0.4, 0.5) is 0 Å². The lowest BCUT2D eigenvalue weighted by Crippen LogP contribution is -2.26. The van der Waals surface area contributed by atoms with Gasteiger partial charge in [0.25, 0.3) is 0 Å². The molecule has 2 saturated carbocycles. The van der Waals surface area contributed by atoms with E-state index in [0.717, 1.165) is 28.7 Å². The largest absolute Gasteiger partial charge is 0.103 e. The molecule has 1 heteroatoms. The minimum atomic E-state index is 0.797. The van der Waals surface area contributed by atoms with E-state index >= 15 is 0 Å². The highest BCUT2D eigenvalue weighted by molar-refractivity contribution is 6.30. The third-order valence-electron chi connectivity index (χ3n) is 8.20. The number of allylic oxidation sites excluding steroid dienone is 1. The minimum Gasteiger partial charge on any atom is -0.103 e. The van der Waals surface area contributed by atoms with Crippen LogP contribution in [-0.4, -0.2) is 0 Å². The van der Waals surface area contributed by atoms with E-state index in [-0.39, 0.29) is 0 Å². The van der Waals surface area contributed by atoms with Crippen molar-refractivity contribution in [3.63, 3.8) is 0 Å². The monoisotopic (exact) mass is 434 g/mol. The van der Waals surface area contributed by atoms with Gasteiger partial charge >= 0.3 is 0 Å². The average Bonchev–Trinajstić information content (AvgIpc) is 2.83. The third-order valence-corrected chi connectivity index (χ3v) is 8.45. The van der Waals surface area contributed by atoms with Crippen molar-refractivity contribution in [2.45, 2.75) is 77.0 Å². The summed E-state index contributed by atoms with van der Waals surface area (Å²) in [6.07, 6.45) is 19.1. The molecule has 0 amide bonds. The molecule has 0 aromatic heterocycles. The van der Waals surface area contributed by atoms with E-state index in [1.54, 1.807) is 0 Å². The molecule has 166 valence electrons. The van der Waals surface area contributed by atoms with Gasteiger partial charge in [-0.3, -0.25) is 0 Å². The Kier molecular flexibility index (Phi) is 8.31. The number of benzene rings is 2. The molecule has 2 aromatic carbocycles. The third kappa shape index (κ3) is 6.48. The summed E-state index contributed by atoms with van der Waals surface area (Å²) in [6, 6.07) is 17.3. The van der Waals surface area contributed by atoms with Crippen LogP contribution in [0.25, 0.3) is 11.1 Å². The van der Waals surface area contributed by atoms with Crippen LogP contribution in [0.2, 0.25) is 5.02 Å². The predicted octanol–water partition coefficient (Wildman–Crippen LogP) is 9.52. The molecule has 0 spiro atoms. The zero-order chi connectivity index (χ0) is 21.5. The van der Waals surface area contributed by atoms with Crippen LogP contribution < -0.4 is 0 Å². The fraction of sp³-hybridized carbons (Fsp3) is 0.533. The first-order chi connectivity index (χ1) is 15.2. The Morgan fingerprint density at radius 1 is 0.677 bits per heavy atom. The molecule has 2 aliphatic carbocycles. The molecule has 0 saturated heterocycles. The summed E-state index contributed by atoms with van der Waals surface area (Å²) >= 11 is 6.01. The molecule has 0 radical (unpaired) electrons. The highest BCUT2D eigenvalue weighted by atomic mass is 35.5. The Hall–Kier alpha value is -1.53. The Morgan fingerprint density at radius 3 is 1.68 bits per heavy atom. The van der Waals surface area contributed by atoms with Gasteiger partial charge < -0.3 is 0 Å². The maximum absolute atomic E-state index is 6.01. The molecular weight excluding hydrogens is 396 g/mol. The topological polar surface area (TPSA) is 0 Å². The van der Waals surface area contributed by atoms with Crippen molar-refractivity contribution in [1.82, 2.24) is 0 Å². The molecule has 31 heavy (non-hydrogen) atoms. The van der Waals surface area contributed by atoms with Gasteiger partial charge in [-0.1, -0.05) is 79.8 Å². The van der Waals surface area contributed by atoms with Gasteiger partial charge in [-0.2, -0.15) is 0 Å². The lowest BCUT2D eigenvalue weighted by atomic mass is 9.68. The Labute approximate surface area is 195 Å². The molecule has 0 atom stereocenters. The maximum atomic E-state index is 6.01.